The molecule has 140 valence electrons. The van der Waals surface area contributed by atoms with Gasteiger partial charge in [0.2, 0.25) is 0 Å². The van der Waals surface area contributed by atoms with Gasteiger partial charge >= 0.3 is 6.03 Å². The fraction of sp³-hybridized carbons (Fsp3) is 0.474. The van der Waals surface area contributed by atoms with Crippen molar-refractivity contribution in [2.24, 2.45) is 0 Å². The van der Waals surface area contributed by atoms with Gasteiger partial charge in [0.15, 0.2) is 11.5 Å². The topological polar surface area (TPSA) is 77.4 Å². The summed E-state index contributed by atoms with van der Waals surface area (Å²) in [5.41, 5.74) is 0.686. The van der Waals surface area contributed by atoms with Crippen molar-refractivity contribution < 1.29 is 14.3 Å². The summed E-state index contributed by atoms with van der Waals surface area (Å²) in [5, 5.41) is 5.71. The Morgan fingerprint density at radius 2 is 2.15 bits per heavy atom. The molecule has 1 saturated carbocycles. The predicted octanol–water partition coefficient (Wildman–Crippen LogP) is 3.42. The standard InChI is InChI=1S/C19H26N4O3/c1-25-17-8-7-15(13-18(17)26-16-5-2-3-6-16)22-19(24)21-9-4-11-23-12-10-20-14-23/h7-8,10,12-14,16H,2-6,9,11H2,1H3,(H2,21,22,24). The summed E-state index contributed by atoms with van der Waals surface area (Å²) in [6, 6.07) is 5.22. The van der Waals surface area contributed by atoms with Gasteiger partial charge in [-0.15, -0.1) is 0 Å². The quantitative estimate of drug-likeness (QED) is 0.709. The predicted molar refractivity (Wildman–Crippen MR) is 99.7 cm³/mol. The highest BCUT2D eigenvalue weighted by molar-refractivity contribution is 5.89. The third-order valence-corrected chi connectivity index (χ3v) is 4.46. The van der Waals surface area contributed by atoms with E-state index in [1.807, 2.05) is 29.0 Å². The third-order valence-electron chi connectivity index (χ3n) is 4.46. The van der Waals surface area contributed by atoms with Crippen LogP contribution in [0.15, 0.2) is 36.9 Å². The average Bonchev–Trinajstić information content (AvgIpc) is 3.33. The van der Waals surface area contributed by atoms with Gasteiger partial charge in [-0.25, -0.2) is 9.78 Å². The van der Waals surface area contributed by atoms with Crippen molar-refractivity contribution >= 4 is 11.7 Å². The van der Waals surface area contributed by atoms with Gasteiger partial charge in [0.05, 0.1) is 19.5 Å². The first-order valence-electron chi connectivity index (χ1n) is 9.10. The number of carbonyl (C=O) groups excluding carboxylic acids is 1. The van der Waals surface area contributed by atoms with Crippen LogP contribution in [0, 0.1) is 0 Å². The molecule has 2 aromatic rings. The van der Waals surface area contributed by atoms with Gasteiger partial charge in [-0.3, -0.25) is 0 Å². The number of ether oxygens (including phenoxy) is 2. The van der Waals surface area contributed by atoms with Gasteiger partial charge in [-0.2, -0.15) is 0 Å². The van der Waals surface area contributed by atoms with E-state index in [-0.39, 0.29) is 12.1 Å². The van der Waals surface area contributed by atoms with Crippen molar-refractivity contribution in [1.29, 1.82) is 0 Å². The molecule has 0 bridgehead atoms. The van der Waals surface area contributed by atoms with Gasteiger partial charge in [0.1, 0.15) is 0 Å². The highest BCUT2D eigenvalue weighted by Gasteiger charge is 2.18. The highest BCUT2D eigenvalue weighted by atomic mass is 16.5. The molecule has 2 N–H and O–H groups in total. The van der Waals surface area contributed by atoms with Gasteiger partial charge in [-0.05, 0) is 44.2 Å². The van der Waals surface area contributed by atoms with Crippen molar-refractivity contribution in [2.45, 2.75) is 44.8 Å². The molecule has 1 aliphatic rings. The number of anilines is 1. The Labute approximate surface area is 153 Å². The lowest BCUT2D eigenvalue weighted by molar-refractivity contribution is 0.201. The van der Waals surface area contributed by atoms with Gasteiger partial charge in [0.25, 0.3) is 0 Å². The molecule has 1 aliphatic carbocycles. The number of carbonyl (C=O) groups is 1. The van der Waals surface area contributed by atoms with E-state index in [9.17, 15) is 4.79 Å². The summed E-state index contributed by atoms with van der Waals surface area (Å²) in [6.45, 7) is 1.41. The number of nitrogens with zero attached hydrogens (tertiary/aromatic N) is 2. The van der Waals surface area contributed by atoms with Crippen LogP contribution in [-0.2, 0) is 6.54 Å². The van der Waals surface area contributed by atoms with E-state index in [4.69, 9.17) is 9.47 Å². The maximum absolute atomic E-state index is 12.1. The lowest BCUT2D eigenvalue weighted by Gasteiger charge is -2.17. The Morgan fingerprint density at radius 3 is 2.88 bits per heavy atom. The Kier molecular flexibility index (Phi) is 6.35. The normalized spacial score (nSPS) is 14.2. The molecular weight excluding hydrogens is 332 g/mol. The zero-order chi connectivity index (χ0) is 18.2. The molecule has 7 nitrogen and oxygen atoms in total. The Bertz CT molecular complexity index is 697. The third kappa shape index (κ3) is 5.15. The molecule has 3 rings (SSSR count). The molecule has 0 unspecified atom stereocenters. The lowest BCUT2D eigenvalue weighted by atomic mass is 10.2. The monoisotopic (exact) mass is 358 g/mol. The molecule has 1 aromatic heterocycles. The fourth-order valence-electron chi connectivity index (χ4n) is 3.09. The van der Waals surface area contributed by atoms with E-state index >= 15 is 0 Å². The van der Waals surface area contributed by atoms with Gasteiger partial charge in [-0.1, -0.05) is 0 Å². The number of hydrogen-bond acceptors (Lipinski definition) is 4. The molecular formula is C19H26N4O3. The van der Waals surface area contributed by atoms with Crippen molar-refractivity contribution in [3.05, 3.63) is 36.9 Å². The fourth-order valence-corrected chi connectivity index (χ4v) is 3.09. The summed E-state index contributed by atoms with van der Waals surface area (Å²) in [4.78, 5) is 16.1. The van der Waals surface area contributed by atoms with Crippen LogP contribution >= 0.6 is 0 Å². The van der Waals surface area contributed by atoms with Crippen LogP contribution in [0.3, 0.4) is 0 Å². The Morgan fingerprint density at radius 1 is 1.31 bits per heavy atom. The van der Waals surface area contributed by atoms with Crippen molar-refractivity contribution in [2.75, 3.05) is 19.0 Å². The van der Waals surface area contributed by atoms with Crippen molar-refractivity contribution in [3.63, 3.8) is 0 Å². The van der Waals surface area contributed by atoms with Crippen LogP contribution in [-0.4, -0.2) is 35.3 Å². The lowest BCUT2D eigenvalue weighted by Crippen LogP contribution is -2.30. The summed E-state index contributed by atoms with van der Waals surface area (Å²) >= 11 is 0. The number of urea groups is 1. The van der Waals surface area contributed by atoms with E-state index in [1.165, 1.54) is 12.8 Å². The van der Waals surface area contributed by atoms with Crippen molar-refractivity contribution in [1.82, 2.24) is 14.9 Å². The smallest absolute Gasteiger partial charge is 0.319 e. The zero-order valence-corrected chi connectivity index (χ0v) is 15.1. The first kappa shape index (κ1) is 18.1. The molecule has 0 radical (unpaired) electrons. The summed E-state index contributed by atoms with van der Waals surface area (Å²) < 4.78 is 13.4. The first-order valence-corrected chi connectivity index (χ1v) is 9.10. The van der Waals surface area contributed by atoms with Crippen LogP contribution in [0.1, 0.15) is 32.1 Å². The minimum Gasteiger partial charge on any atom is -0.493 e. The molecule has 0 aliphatic heterocycles. The Hall–Kier alpha value is -2.70. The van der Waals surface area contributed by atoms with Crippen LogP contribution in [0.4, 0.5) is 10.5 Å². The van der Waals surface area contributed by atoms with Gasteiger partial charge < -0.3 is 24.7 Å². The largest absolute Gasteiger partial charge is 0.493 e. The van der Waals surface area contributed by atoms with E-state index in [1.54, 1.807) is 19.6 Å². The number of benzene rings is 1. The number of rotatable bonds is 8. The zero-order valence-electron chi connectivity index (χ0n) is 15.1. The summed E-state index contributed by atoms with van der Waals surface area (Å²) in [6.07, 6.45) is 11.0. The second kappa shape index (κ2) is 9.12. The highest BCUT2D eigenvalue weighted by Crippen LogP contribution is 2.33. The molecule has 0 saturated heterocycles. The maximum Gasteiger partial charge on any atom is 0.319 e. The molecule has 0 spiro atoms. The van der Waals surface area contributed by atoms with Crippen LogP contribution in [0.25, 0.3) is 0 Å². The number of hydrogen-bond donors (Lipinski definition) is 2. The Balaban J connectivity index is 1.48. The van der Waals surface area contributed by atoms with E-state index in [2.05, 4.69) is 15.6 Å². The maximum atomic E-state index is 12.1. The minimum atomic E-state index is -0.229. The number of imidazole rings is 1. The molecule has 1 fully saturated rings. The van der Waals surface area contributed by atoms with E-state index in [0.29, 0.717) is 23.7 Å². The van der Waals surface area contributed by atoms with E-state index < -0.39 is 0 Å². The second-order valence-electron chi connectivity index (χ2n) is 6.42. The molecule has 0 atom stereocenters. The summed E-state index contributed by atoms with van der Waals surface area (Å²) in [5.74, 6) is 1.36. The number of aryl methyl sites for hydroxylation is 1. The van der Waals surface area contributed by atoms with Crippen LogP contribution in [0.2, 0.25) is 0 Å². The molecule has 7 heteroatoms. The molecule has 1 heterocycles. The number of aromatic nitrogens is 2. The summed E-state index contributed by atoms with van der Waals surface area (Å²) in [7, 11) is 1.62. The van der Waals surface area contributed by atoms with E-state index in [0.717, 1.165) is 25.8 Å². The second-order valence-corrected chi connectivity index (χ2v) is 6.42. The molecule has 1 aromatic carbocycles. The molecule has 26 heavy (non-hydrogen) atoms. The van der Waals surface area contributed by atoms with Gasteiger partial charge in [0, 0.05) is 37.2 Å². The van der Waals surface area contributed by atoms with Crippen LogP contribution in [0.5, 0.6) is 11.5 Å². The van der Waals surface area contributed by atoms with Crippen LogP contribution < -0.4 is 20.1 Å². The van der Waals surface area contributed by atoms with Crippen molar-refractivity contribution in [3.8, 4) is 11.5 Å². The SMILES string of the molecule is COc1ccc(NC(=O)NCCCn2ccnc2)cc1OC1CCCC1. The number of methoxy groups -OCH3 is 1. The number of amides is 2. The number of nitrogens with one attached hydrogen (secondary N) is 2. The molecule has 2 amide bonds. The minimum absolute atomic E-state index is 0.229. The average molecular weight is 358 g/mol. The first-order chi connectivity index (χ1) is 12.7.